The standard InChI is InChI=1S/C17H24FNO2/c1-19-12-13-4-5-16(15(18)10-13)21-14-6-9-20-17(11-14)7-2-3-8-17/h4-5,10,14,19H,2-3,6-9,11-12H2,1H3. The zero-order chi connectivity index (χ0) is 14.7. The van der Waals surface area contributed by atoms with Crippen molar-refractivity contribution < 1.29 is 13.9 Å². The largest absolute Gasteiger partial charge is 0.487 e. The second-order valence-corrected chi connectivity index (χ2v) is 6.27. The van der Waals surface area contributed by atoms with Crippen LogP contribution in [0.4, 0.5) is 4.39 Å². The average Bonchev–Trinajstić information content (AvgIpc) is 2.90. The zero-order valence-electron chi connectivity index (χ0n) is 12.7. The van der Waals surface area contributed by atoms with Crippen LogP contribution in [0.25, 0.3) is 0 Å². The molecule has 1 saturated heterocycles. The van der Waals surface area contributed by atoms with E-state index in [1.165, 1.54) is 12.8 Å². The third-order valence-electron chi connectivity index (χ3n) is 4.63. The number of hydrogen-bond donors (Lipinski definition) is 1. The maximum absolute atomic E-state index is 14.1. The van der Waals surface area contributed by atoms with Gasteiger partial charge in [0.05, 0.1) is 12.2 Å². The van der Waals surface area contributed by atoms with Gasteiger partial charge in [-0.1, -0.05) is 18.9 Å². The van der Waals surface area contributed by atoms with E-state index in [9.17, 15) is 4.39 Å². The van der Waals surface area contributed by atoms with Crippen molar-refractivity contribution in [2.45, 2.75) is 56.8 Å². The molecule has 1 unspecified atom stereocenters. The van der Waals surface area contributed by atoms with Crippen molar-refractivity contribution in [3.05, 3.63) is 29.6 Å². The van der Waals surface area contributed by atoms with Crippen LogP contribution in [0.15, 0.2) is 18.2 Å². The maximum Gasteiger partial charge on any atom is 0.165 e. The third kappa shape index (κ3) is 3.38. The highest BCUT2D eigenvalue weighted by Crippen LogP contribution is 2.41. The fraction of sp³-hybridized carbons (Fsp3) is 0.647. The monoisotopic (exact) mass is 293 g/mol. The molecule has 1 heterocycles. The Morgan fingerprint density at radius 1 is 1.38 bits per heavy atom. The molecule has 21 heavy (non-hydrogen) atoms. The molecule has 1 saturated carbocycles. The molecule has 3 nitrogen and oxygen atoms in total. The number of benzene rings is 1. The van der Waals surface area contributed by atoms with Gasteiger partial charge in [-0.05, 0) is 37.6 Å². The zero-order valence-corrected chi connectivity index (χ0v) is 12.7. The Labute approximate surface area is 125 Å². The molecule has 116 valence electrons. The lowest BCUT2D eigenvalue weighted by Gasteiger charge is -2.38. The average molecular weight is 293 g/mol. The SMILES string of the molecule is CNCc1ccc(OC2CCOC3(CCCC3)C2)c(F)c1. The van der Waals surface area contributed by atoms with E-state index >= 15 is 0 Å². The van der Waals surface area contributed by atoms with Crippen LogP contribution < -0.4 is 10.1 Å². The van der Waals surface area contributed by atoms with Crippen LogP contribution in [0.1, 0.15) is 44.1 Å². The second-order valence-electron chi connectivity index (χ2n) is 6.27. The van der Waals surface area contributed by atoms with Gasteiger partial charge in [0.25, 0.3) is 0 Å². The molecule has 3 rings (SSSR count). The van der Waals surface area contributed by atoms with E-state index in [-0.39, 0.29) is 17.5 Å². The molecule has 1 N–H and O–H groups in total. The Balaban J connectivity index is 1.65. The Morgan fingerprint density at radius 2 is 2.19 bits per heavy atom. The van der Waals surface area contributed by atoms with Crippen LogP contribution in [0, 0.1) is 5.82 Å². The molecule has 0 amide bonds. The Hall–Kier alpha value is -1.13. The highest BCUT2D eigenvalue weighted by atomic mass is 19.1. The number of hydrogen-bond acceptors (Lipinski definition) is 3. The fourth-order valence-corrected chi connectivity index (χ4v) is 3.58. The minimum absolute atomic E-state index is 0.00542. The predicted molar refractivity (Wildman–Crippen MR) is 80.0 cm³/mol. The summed E-state index contributed by atoms with van der Waals surface area (Å²) in [4.78, 5) is 0. The van der Waals surface area contributed by atoms with Crippen molar-refractivity contribution in [1.82, 2.24) is 5.32 Å². The first kappa shape index (κ1) is 14.8. The van der Waals surface area contributed by atoms with Crippen molar-refractivity contribution >= 4 is 0 Å². The second kappa shape index (κ2) is 6.32. The predicted octanol–water partition coefficient (Wildman–Crippen LogP) is 3.42. The van der Waals surface area contributed by atoms with E-state index in [4.69, 9.17) is 9.47 Å². The first-order valence-corrected chi connectivity index (χ1v) is 7.94. The van der Waals surface area contributed by atoms with Crippen molar-refractivity contribution in [1.29, 1.82) is 0 Å². The minimum atomic E-state index is -0.269. The van der Waals surface area contributed by atoms with Crippen LogP contribution in [0.3, 0.4) is 0 Å². The molecule has 1 atom stereocenters. The van der Waals surface area contributed by atoms with Gasteiger partial charge in [-0.2, -0.15) is 0 Å². The van der Waals surface area contributed by atoms with Gasteiger partial charge in [-0.3, -0.25) is 0 Å². The van der Waals surface area contributed by atoms with E-state index in [1.54, 1.807) is 12.1 Å². The molecule has 1 aromatic rings. The molecule has 2 fully saturated rings. The molecule has 1 aliphatic heterocycles. The lowest BCUT2D eigenvalue weighted by Crippen LogP contribution is -2.41. The minimum Gasteiger partial charge on any atom is -0.487 e. The summed E-state index contributed by atoms with van der Waals surface area (Å²) in [6.07, 6.45) is 6.53. The van der Waals surface area contributed by atoms with E-state index < -0.39 is 0 Å². The Bertz CT molecular complexity index is 486. The quantitative estimate of drug-likeness (QED) is 0.922. The molecule has 0 aromatic heterocycles. The van der Waals surface area contributed by atoms with Gasteiger partial charge >= 0.3 is 0 Å². The topological polar surface area (TPSA) is 30.5 Å². The molecule has 1 spiro atoms. The summed E-state index contributed by atoms with van der Waals surface area (Å²) in [6, 6.07) is 5.22. The summed E-state index contributed by atoms with van der Waals surface area (Å²) < 4.78 is 26.0. The number of halogens is 1. The van der Waals surface area contributed by atoms with Gasteiger partial charge in [0, 0.05) is 19.4 Å². The smallest absolute Gasteiger partial charge is 0.165 e. The van der Waals surface area contributed by atoms with E-state index in [0.29, 0.717) is 12.3 Å². The van der Waals surface area contributed by atoms with Gasteiger partial charge in [-0.25, -0.2) is 4.39 Å². The molecular formula is C17H24FNO2. The lowest BCUT2D eigenvalue weighted by atomic mass is 9.90. The molecule has 0 radical (unpaired) electrons. The molecule has 2 aliphatic rings. The lowest BCUT2D eigenvalue weighted by molar-refractivity contribution is -0.108. The number of rotatable bonds is 4. The molecule has 1 aromatic carbocycles. The van der Waals surface area contributed by atoms with Crippen LogP contribution >= 0.6 is 0 Å². The molecule has 1 aliphatic carbocycles. The summed E-state index contributed by atoms with van der Waals surface area (Å²) in [6.45, 7) is 1.39. The van der Waals surface area contributed by atoms with Gasteiger partial charge < -0.3 is 14.8 Å². The fourth-order valence-electron chi connectivity index (χ4n) is 3.58. The third-order valence-corrected chi connectivity index (χ3v) is 4.63. The van der Waals surface area contributed by atoms with Crippen LogP contribution in [0.2, 0.25) is 0 Å². The van der Waals surface area contributed by atoms with Gasteiger partial charge in [-0.15, -0.1) is 0 Å². The summed E-state index contributed by atoms with van der Waals surface area (Å²) in [5, 5.41) is 3.02. The van der Waals surface area contributed by atoms with E-state index in [0.717, 1.165) is 37.9 Å². The highest BCUT2D eigenvalue weighted by molar-refractivity contribution is 5.29. The summed E-state index contributed by atoms with van der Waals surface area (Å²) in [5.41, 5.74) is 0.937. The van der Waals surface area contributed by atoms with E-state index in [2.05, 4.69) is 5.32 Å². The van der Waals surface area contributed by atoms with Gasteiger partial charge in [0.1, 0.15) is 6.10 Å². The molecule has 0 bridgehead atoms. The normalized spacial score (nSPS) is 24.4. The van der Waals surface area contributed by atoms with Gasteiger partial charge in [0.15, 0.2) is 11.6 Å². The van der Waals surface area contributed by atoms with Gasteiger partial charge in [0.2, 0.25) is 0 Å². The summed E-state index contributed by atoms with van der Waals surface area (Å²) in [7, 11) is 1.85. The number of ether oxygens (including phenoxy) is 2. The first-order chi connectivity index (χ1) is 10.2. The first-order valence-electron chi connectivity index (χ1n) is 7.94. The summed E-state index contributed by atoms with van der Waals surface area (Å²) >= 11 is 0. The van der Waals surface area contributed by atoms with Crippen molar-refractivity contribution in [3.63, 3.8) is 0 Å². The van der Waals surface area contributed by atoms with Crippen molar-refractivity contribution in [2.75, 3.05) is 13.7 Å². The Kier molecular flexibility index (Phi) is 4.45. The highest BCUT2D eigenvalue weighted by Gasteiger charge is 2.40. The van der Waals surface area contributed by atoms with E-state index in [1.807, 2.05) is 13.1 Å². The van der Waals surface area contributed by atoms with Crippen molar-refractivity contribution in [2.24, 2.45) is 0 Å². The molecular weight excluding hydrogens is 269 g/mol. The summed E-state index contributed by atoms with van der Waals surface area (Å²) in [5.74, 6) is 0.101. The van der Waals surface area contributed by atoms with Crippen LogP contribution in [-0.4, -0.2) is 25.4 Å². The maximum atomic E-state index is 14.1. The molecule has 4 heteroatoms. The number of nitrogens with one attached hydrogen (secondary N) is 1. The van der Waals surface area contributed by atoms with Crippen LogP contribution in [0.5, 0.6) is 5.75 Å². The van der Waals surface area contributed by atoms with Crippen LogP contribution in [-0.2, 0) is 11.3 Å². The van der Waals surface area contributed by atoms with Crippen molar-refractivity contribution in [3.8, 4) is 5.75 Å². The Morgan fingerprint density at radius 3 is 2.90 bits per heavy atom.